The average molecular weight is 265 g/mol. The molecule has 0 aromatic carbocycles. The van der Waals surface area contributed by atoms with E-state index in [2.05, 4.69) is 13.5 Å². The van der Waals surface area contributed by atoms with Crippen molar-refractivity contribution >= 4 is 11.9 Å². The Balaban J connectivity index is 1.92. The molecule has 2 unspecified atom stereocenters. The Morgan fingerprint density at radius 1 is 1.11 bits per heavy atom. The predicted molar refractivity (Wildman–Crippen MR) is 73.7 cm³/mol. The Bertz CT molecular complexity index is 383. The van der Waals surface area contributed by atoms with Crippen LogP contribution >= 0.6 is 0 Å². The van der Waals surface area contributed by atoms with E-state index in [1.165, 1.54) is 6.08 Å². The number of carbonyl (C=O) groups excluding carboxylic acids is 2. The molecule has 5 heteroatoms. The van der Waals surface area contributed by atoms with Gasteiger partial charge in [0.1, 0.15) is 0 Å². The Morgan fingerprint density at radius 2 is 1.79 bits per heavy atom. The summed E-state index contributed by atoms with van der Waals surface area (Å²) >= 11 is 0. The van der Waals surface area contributed by atoms with Crippen molar-refractivity contribution in [2.24, 2.45) is 5.92 Å². The Hall–Kier alpha value is -1.52. The summed E-state index contributed by atoms with van der Waals surface area (Å²) < 4.78 is 0. The lowest BCUT2D eigenvalue weighted by atomic mass is 10.2. The normalized spacial score (nSPS) is 27.6. The first-order chi connectivity index (χ1) is 9.02. The monoisotopic (exact) mass is 265 g/mol. The number of hydrogen-bond acceptors (Lipinski definition) is 2. The van der Waals surface area contributed by atoms with Gasteiger partial charge in [0.15, 0.2) is 0 Å². The number of carbonyl (C=O) groups is 2. The zero-order chi connectivity index (χ0) is 14.0. The molecule has 0 radical (unpaired) electrons. The van der Waals surface area contributed by atoms with Crippen LogP contribution in [0.1, 0.15) is 20.3 Å². The van der Waals surface area contributed by atoms with Crippen molar-refractivity contribution in [2.75, 3.05) is 32.7 Å². The molecule has 3 amide bonds. The van der Waals surface area contributed by atoms with Gasteiger partial charge in [-0.1, -0.05) is 13.5 Å². The minimum absolute atomic E-state index is 0.0469. The molecule has 2 rings (SSSR count). The zero-order valence-corrected chi connectivity index (χ0v) is 11.8. The smallest absolute Gasteiger partial charge is 0.320 e. The average Bonchev–Trinajstić information content (AvgIpc) is 2.83. The van der Waals surface area contributed by atoms with Gasteiger partial charge in [0.05, 0.1) is 0 Å². The molecule has 2 fully saturated rings. The molecule has 5 nitrogen and oxygen atoms in total. The van der Waals surface area contributed by atoms with E-state index in [4.69, 9.17) is 0 Å². The lowest BCUT2D eigenvalue weighted by Crippen LogP contribution is -2.57. The molecule has 2 saturated heterocycles. The number of rotatable bonds is 1. The van der Waals surface area contributed by atoms with Crippen molar-refractivity contribution in [3.63, 3.8) is 0 Å². The van der Waals surface area contributed by atoms with Crippen LogP contribution in [0, 0.1) is 5.92 Å². The van der Waals surface area contributed by atoms with Crippen LogP contribution in [0.5, 0.6) is 0 Å². The highest BCUT2D eigenvalue weighted by Gasteiger charge is 2.32. The van der Waals surface area contributed by atoms with Gasteiger partial charge in [-0.3, -0.25) is 4.79 Å². The van der Waals surface area contributed by atoms with E-state index in [9.17, 15) is 9.59 Å². The molecular formula is C14H23N3O2. The Morgan fingerprint density at radius 3 is 2.32 bits per heavy atom. The van der Waals surface area contributed by atoms with Crippen LogP contribution in [-0.4, -0.2) is 65.4 Å². The molecule has 0 saturated carbocycles. The van der Waals surface area contributed by atoms with Crippen molar-refractivity contribution in [3.8, 4) is 0 Å². The quantitative estimate of drug-likeness (QED) is 0.668. The molecule has 0 N–H and O–H groups in total. The topological polar surface area (TPSA) is 43.9 Å². The molecule has 2 atom stereocenters. The van der Waals surface area contributed by atoms with Crippen LogP contribution in [0.3, 0.4) is 0 Å². The van der Waals surface area contributed by atoms with Crippen LogP contribution < -0.4 is 0 Å². The molecule has 2 aliphatic rings. The number of nitrogens with zero attached hydrogens (tertiary/aromatic N) is 3. The molecule has 2 aliphatic heterocycles. The highest BCUT2D eigenvalue weighted by atomic mass is 16.2. The third-order valence-electron chi connectivity index (χ3n) is 4.05. The first kappa shape index (κ1) is 13.9. The molecule has 0 spiro atoms. The fourth-order valence-corrected chi connectivity index (χ4v) is 2.88. The lowest BCUT2D eigenvalue weighted by Gasteiger charge is -2.40. The lowest BCUT2D eigenvalue weighted by molar-refractivity contribution is -0.129. The summed E-state index contributed by atoms with van der Waals surface area (Å²) in [6, 6.07) is 0.185. The highest BCUT2D eigenvalue weighted by molar-refractivity contribution is 5.87. The van der Waals surface area contributed by atoms with E-state index in [0.717, 1.165) is 19.5 Å². The van der Waals surface area contributed by atoms with E-state index >= 15 is 0 Å². The maximum absolute atomic E-state index is 12.4. The van der Waals surface area contributed by atoms with Gasteiger partial charge in [-0.25, -0.2) is 4.79 Å². The number of urea groups is 1. The predicted octanol–water partition coefficient (Wildman–Crippen LogP) is 1.17. The molecule has 0 aromatic rings. The van der Waals surface area contributed by atoms with Crippen LogP contribution in [0.25, 0.3) is 0 Å². The van der Waals surface area contributed by atoms with Crippen LogP contribution in [0.2, 0.25) is 0 Å². The second-order valence-electron chi connectivity index (χ2n) is 5.65. The Labute approximate surface area is 114 Å². The highest BCUT2D eigenvalue weighted by Crippen LogP contribution is 2.19. The molecule has 106 valence electrons. The van der Waals surface area contributed by atoms with Gasteiger partial charge in [-0.05, 0) is 25.3 Å². The molecule has 0 aliphatic carbocycles. The Kier molecular flexibility index (Phi) is 4.12. The molecule has 0 aromatic heterocycles. The third-order valence-corrected chi connectivity index (χ3v) is 4.05. The first-order valence-electron chi connectivity index (χ1n) is 6.99. The summed E-state index contributed by atoms with van der Waals surface area (Å²) in [5.74, 6) is 0.555. The standard InChI is InChI=1S/C14H23N3O2/c1-4-13(18)17-8-7-16(10-12(17)3)14(19)15-6-5-11(2)9-15/h4,11-12H,1,5-10H2,2-3H3. The minimum Gasteiger partial charge on any atom is -0.333 e. The van der Waals surface area contributed by atoms with E-state index < -0.39 is 0 Å². The van der Waals surface area contributed by atoms with E-state index in [-0.39, 0.29) is 18.0 Å². The summed E-state index contributed by atoms with van der Waals surface area (Å²) in [7, 11) is 0. The summed E-state index contributed by atoms with van der Waals surface area (Å²) in [6.07, 6.45) is 2.44. The second-order valence-corrected chi connectivity index (χ2v) is 5.65. The van der Waals surface area contributed by atoms with Crippen molar-refractivity contribution < 1.29 is 9.59 Å². The van der Waals surface area contributed by atoms with Crippen molar-refractivity contribution in [1.29, 1.82) is 0 Å². The fraction of sp³-hybridized carbons (Fsp3) is 0.714. The van der Waals surface area contributed by atoms with Gasteiger partial charge in [-0.2, -0.15) is 0 Å². The van der Waals surface area contributed by atoms with Gasteiger partial charge < -0.3 is 14.7 Å². The summed E-state index contributed by atoms with van der Waals surface area (Å²) in [6.45, 7) is 11.2. The maximum Gasteiger partial charge on any atom is 0.320 e. The van der Waals surface area contributed by atoms with Gasteiger partial charge in [0.25, 0.3) is 0 Å². The van der Waals surface area contributed by atoms with Crippen molar-refractivity contribution in [2.45, 2.75) is 26.3 Å². The zero-order valence-electron chi connectivity index (χ0n) is 11.8. The van der Waals surface area contributed by atoms with E-state index in [1.807, 2.05) is 16.7 Å². The van der Waals surface area contributed by atoms with E-state index in [1.54, 1.807) is 4.90 Å². The summed E-state index contributed by atoms with van der Waals surface area (Å²) in [5.41, 5.74) is 0. The molecular weight excluding hydrogens is 242 g/mol. The van der Waals surface area contributed by atoms with Gasteiger partial charge >= 0.3 is 6.03 Å². The molecule has 0 bridgehead atoms. The number of piperazine rings is 1. The number of amides is 3. The second kappa shape index (κ2) is 5.63. The summed E-state index contributed by atoms with van der Waals surface area (Å²) in [5, 5.41) is 0. The van der Waals surface area contributed by atoms with Gasteiger partial charge in [0, 0.05) is 38.8 Å². The third kappa shape index (κ3) is 2.91. The largest absolute Gasteiger partial charge is 0.333 e. The SMILES string of the molecule is C=CC(=O)N1CCN(C(=O)N2CCC(C)C2)CC1C. The fourth-order valence-electron chi connectivity index (χ4n) is 2.88. The van der Waals surface area contributed by atoms with Crippen molar-refractivity contribution in [3.05, 3.63) is 12.7 Å². The number of likely N-dealkylation sites (tertiary alicyclic amines) is 1. The minimum atomic E-state index is -0.0469. The van der Waals surface area contributed by atoms with Crippen LogP contribution in [0.4, 0.5) is 4.79 Å². The van der Waals surface area contributed by atoms with Crippen molar-refractivity contribution in [1.82, 2.24) is 14.7 Å². The van der Waals surface area contributed by atoms with Crippen LogP contribution in [-0.2, 0) is 4.79 Å². The maximum atomic E-state index is 12.4. The number of hydrogen-bond donors (Lipinski definition) is 0. The molecule has 2 heterocycles. The van der Waals surface area contributed by atoms with Crippen LogP contribution in [0.15, 0.2) is 12.7 Å². The van der Waals surface area contributed by atoms with Gasteiger partial charge in [0.2, 0.25) is 5.91 Å². The molecule has 19 heavy (non-hydrogen) atoms. The van der Waals surface area contributed by atoms with E-state index in [0.29, 0.717) is 25.6 Å². The first-order valence-corrected chi connectivity index (χ1v) is 6.99. The van der Waals surface area contributed by atoms with Gasteiger partial charge in [-0.15, -0.1) is 0 Å². The summed E-state index contributed by atoms with van der Waals surface area (Å²) in [4.78, 5) is 29.6.